The molecule has 0 saturated carbocycles. The van der Waals surface area contributed by atoms with Gasteiger partial charge in [0, 0.05) is 18.0 Å². The molecule has 1 aromatic rings. The molecule has 3 nitrogen and oxygen atoms in total. The standard InChI is InChI=1S/C17H22FNO2.ClH/c1-21-15-8-7-14(18)16-13(15)6-5-12(17(16)20)11-19-9-3-2-4-10-19;/h7-8,12H,2-6,9-11H2,1H3;1H. The van der Waals surface area contributed by atoms with Gasteiger partial charge in [-0.25, -0.2) is 4.39 Å². The van der Waals surface area contributed by atoms with E-state index in [0.717, 1.165) is 38.0 Å². The van der Waals surface area contributed by atoms with Gasteiger partial charge in [0.1, 0.15) is 11.6 Å². The van der Waals surface area contributed by atoms with Crippen molar-refractivity contribution in [3.63, 3.8) is 0 Å². The number of fused-ring (bicyclic) bond motifs is 1. The molecule has 1 aliphatic carbocycles. The summed E-state index contributed by atoms with van der Waals surface area (Å²) in [6, 6.07) is 2.96. The number of halogens is 2. The summed E-state index contributed by atoms with van der Waals surface area (Å²) in [7, 11) is 1.57. The minimum absolute atomic E-state index is 0. The number of likely N-dealkylation sites (tertiary alicyclic amines) is 1. The third-order valence-electron chi connectivity index (χ3n) is 4.73. The van der Waals surface area contributed by atoms with Crippen LogP contribution in [-0.2, 0) is 6.42 Å². The largest absolute Gasteiger partial charge is 0.496 e. The Kier molecular flexibility index (Phi) is 5.81. The average Bonchev–Trinajstić information content (AvgIpc) is 2.51. The molecule has 0 spiro atoms. The van der Waals surface area contributed by atoms with Crippen LogP contribution in [0.2, 0.25) is 0 Å². The maximum atomic E-state index is 14.1. The van der Waals surface area contributed by atoms with Crippen LogP contribution in [0.5, 0.6) is 5.75 Å². The minimum atomic E-state index is -0.404. The molecule has 1 fully saturated rings. The SMILES string of the molecule is COc1ccc(F)c2c1CCC(CN1CCCCC1)C2=O.Cl. The maximum absolute atomic E-state index is 14.1. The summed E-state index contributed by atoms with van der Waals surface area (Å²) in [5.74, 6) is 0.116. The molecule has 0 amide bonds. The molecule has 1 unspecified atom stereocenters. The zero-order valence-electron chi connectivity index (χ0n) is 12.9. The molecule has 1 aromatic carbocycles. The summed E-state index contributed by atoms with van der Waals surface area (Å²) in [6.07, 6.45) is 5.21. The average molecular weight is 328 g/mol. The van der Waals surface area contributed by atoms with Crippen molar-refractivity contribution in [1.82, 2.24) is 4.90 Å². The number of ether oxygens (including phenoxy) is 1. The molecule has 122 valence electrons. The Bertz CT molecular complexity index is 544. The van der Waals surface area contributed by atoms with Gasteiger partial charge in [0.15, 0.2) is 5.78 Å². The van der Waals surface area contributed by atoms with Crippen molar-refractivity contribution in [3.05, 3.63) is 29.1 Å². The number of rotatable bonds is 3. The van der Waals surface area contributed by atoms with E-state index in [2.05, 4.69) is 4.90 Å². The molecule has 5 heteroatoms. The third kappa shape index (κ3) is 3.28. The predicted molar refractivity (Wildman–Crippen MR) is 86.6 cm³/mol. The monoisotopic (exact) mass is 327 g/mol. The number of benzene rings is 1. The first-order valence-electron chi connectivity index (χ1n) is 7.82. The van der Waals surface area contributed by atoms with E-state index in [0.29, 0.717) is 5.75 Å². The van der Waals surface area contributed by atoms with E-state index in [1.807, 2.05) is 0 Å². The minimum Gasteiger partial charge on any atom is -0.496 e. The van der Waals surface area contributed by atoms with E-state index in [1.165, 1.54) is 25.3 Å². The third-order valence-corrected chi connectivity index (χ3v) is 4.73. The number of hydrogen-bond acceptors (Lipinski definition) is 3. The number of nitrogens with zero attached hydrogens (tertiary/aromatic N) is 1. The molecule has 0 N–H and O–H groups in total. The second kappa shape index (κ2) is 7.42. The van der Waals surface area contributed by atoms with Gasteiger partial charge in [-0.1, -0.05) is 6.42 Å². The molecule has 0 bridgehead atoms. The van der Waals surface area contributed by atoms with Crippen molar-refractivity contribution in [3.8, 4) is 5.75 Å². The molecule has 0 aromatic heterocycles. The molecular weight excluding hydrogens is 305 g/mol. The molecule has 1 saturated heterocycles. The van der Waals surface area contributed by atoms with Gasteiger partial charge in [-0.05, 0) is 50.9 Å². The van der Waals surface area contributed by atoms with Crippen molar-refractivity contribution in [2.75, 3.05) is 26.7 Å². The first-order chi connectivity index (χ1) is 10.2. The highest BCUT2D eigenvalue weighted by atomic mass is 35.5. The zero-order chi connectivity index (χ0) is 14.8. The molecule has 1 atom stereocenters. The van der Waals surface area contributed by atoms with Gasteiger partial charge in [-0.2, -0.15) is 0 Å². The Morgan fingerprint density at radius 2 is 2.00 bits per heavy atom. The second-order valence-corrected chi connectivity index (χ2v) is 6.06. The van der Waals surface area contributed by atoms with E-state index >= 15 is 0 Å². The van der Waals surface area contributed by atoms with Gasteiger partial charge < -0.3 is 9.64 Å². The van der Waals surface area contributed by atoms with Crippen molar-refractivity contribution in [2.45, 2.75) is 32.1 Å². The number of ketones is 1. The smallest absolute Gasteiger partial charge is 0.170 e. The van der Waals surface area contributed by atoms with Crippen LogP contribution in [0, 0.1) is 11.7 Å². The van der Waals surface area contributed by atoms with Crippen LogP contribution in [0.15, 0.2) is 12.1 Å². The highest BCUT2D eigenvalue weighted by Crippen LogP contribution is 2.34. The molecular formula is C17H23ClFNO2. The Morgan fingerprint density at radius 3 is 2.68 bits per heavy atom. The van der Waals surface area contributed by atoms with Gasteiger partial charge in [0.25, 0.3) is 0 Å². The summed E-state index contributed by atoms with van der Waals surface area (Å²) in [5, 5.41) is 0. The number of carbonyl (C=O) groups is 1. The molecule has 0 radical (unpaired) electrons. The molecule has 1 aliphatic heterocycles. The number of Topliss-reactive ketones (excluding diaryl/α,β-unsaturated/α-hetero) is 1. The lowest BCUT2D eigenvalue weighted by Crippen LogP contribution is -2.38. The topological polar surface area (TPSA) is 29.5 Å². The van der Waals surface area contributed by atoms with E-state index in [-0.39, 0.29) is 29.7 Å². The van der Waals surface area contributed by atoms with Crippen molar-refractivity contribution >= 4 is 18.2 Å². The first-order valence-corrected chi connectivity index (χ1v) is 7.82. The number of methoxy groups -OCH3 is 1. The molecule has 2 aliphatic rings. The lowest BCUT2D eigenvalue weighted by Gasteiger charge is -2.32. The Morgan fingerprint density at radius 1 is 1.27 bits per heavy atom. The van der Waals surface area contributed by atoms with Crippen LogP contribution in [-0.4, -0.2) is 37.4 Å². The van der Waals surface area contributed by atoms with E-state index < -0.39 is 5.82 Å². The van der Waals surface area contributed by atoms with Crippen molar-refractivity contribution in [1.29, 1.82) is 0 Å². The van der Waals surface area contributed by atoms with Gasteiger partial charge in [0.05, 0.1) is 12.7 Å². The Labute approximate surface area is 137 Å². The Hall–Kier alpha value is -1.13. The fourth-order valence-electron chi connectivity index (χ4n) is 3.59. The highest BCUT2D eigenvalue weighted by Gasteiger charge is 2.33. The lowest BCUT2D eigenvalue weighted by molar-refractivity contribution is 0.0839. The van der Waals surface area contributed by atoms with E-state index in [1.54, 1.807) is 13.2 Å². The molecule has 22 heavy (non-hydrogen) atoms. The van der Waals surface area contributed by atoms with Crippen molar-refractivity contribution in [2.24, 2.45) is 5.92 Å². The first kappa shape index (κ1) is 17.2. The fourth-order valence-corrected chi connectivity index (χ4v) is 3.59. The van der Waals surface area contributed by atoms with Crippen LogP contribution in [0.1, 0.15) is 41.6 Å². The van der Waals surface area contributed by atoms with Crippen LogP contribution in [0.25, 0.3) is 0 Å². The highest BCUT2D eigenvalue weighted by molar-refractivity contribution is 6.01. The fraction of sp³-hybridized carbons (Fsp3) is 0.588. The van der Waals surface area contributed by atoms with Crippen LogP contribution in [0.4, 0.5) is 4.39 Å². The van der Waals surface area contributed by atoms with Gasteiger partial charge in [0.2, 0.25) is 0 Å². The Balaban J connectivity index is 0.00000176. The lowest BCUT2D eigenvalue weighted by atomic mass is 9.81. The summed E-state index contributed by atoms with van der Waals surface area (Å²) in [6.45, 7) is 2.91. The number of carbonyl (C=O) groups excluding carboxylic acids is 1. The number of piperidine rings is 1. The summed E-state index contributed by atoms with van der Waals surface area (Å²) in [4.78, 5) is 15.0. The van der Waals surface area contributed by atoms with Crippen LogP contribution >= 0.6 is 12.4 Å². The van der Waals surface area contributed by atoms with Crippen molar-refractivity contribution < 1.29 is 13.9 Å². The quantitative estimate of drug-likeness (QED) is 0.851. The molecule has 1 heterocycles. The van der Waals surface area contributed by atoms with Crippen LogP contribution in [0.3, 0.4) is 0 Å². The summed E-state index contributed by atoms with van der Waals surface area (Å²) >= 11 is 0. The van der Waals surface area contributed by atoms with E-state index in [4.69, 9.17) is 4.74 Å². The van der Waals surface area contributed by atoms with Crippen LogP contribution < -0.4 is 4.74 Å². The number of hydrogen-bond donors (Lipinski definition) is 0. The van der Waals surface area contributed by atoms with Gasteiger partial charge >= 0.3 is 0 Å². The van der Waals surface area contributed by atoms with Gasteiger partial charge in [-0.3, -0.25) is 4.79 Å². The van der Waals surface area contributed by atoms with E-state index in [9.17, 15) is 9.18 Å². The summed E-state index contributed by atoms with van der Waals surface area (Å²) < 4.78 is 19.4. The predicted octanol–water partition coefficient (Wildman–Crippen LogP) is 3.49. The normalized spacial score (nSPS) is 21.9. The maximum Gasteiger partial charge on any atom is 0.170 e. The van der Waals surface area contributed by atoms with Gasteiger partial charge in [-0.15, -0.1) is 12.4 Å². The molecule has 3 rings (SSSR count). The summed E-state index contributed by atoms with van der Waals surface area (Å²) in [5.41, 5.74) is 1.01. The zero-order valence-corrected chi connectivity index (χ0v) is 13.8. The second-order valence-electron chi connectivity index (χ2n) is 6.06.